The fraction of sp³-hybridized carbons (Fsp3) is 0.679. The van der Waals surface area contributed by atoms with Gasteiger partial charge >= 0.3 is 0 Å². The number of hydrogen-bond donors (Lipinski definition) is 1. The van der Waals surface area contributed by atoms with Gasteiger partial charge in [0.1, 0.15) is 12.6 Å². The van der Waals surface area contributed by atoms with Crippen molar-refractivity contribution < 1.29 is 19.1 Å². The number of carbonyl (C=O) groups is 3. The van der Waals surface area contributed by atoms with Gasteiger partial charge < -0.3 is 25.2 Å². The third-order valence-corrected chi connectivity index (χ3v) is 8.93. The lowest BCUT2D eigenvalue weighted by atomic mass is 9.74. The quantitative estimate of drug-likeness (QED) is 0.650. The maximum absolute atomic E-state index is 14.4. The predicted octanol–water partition coefficient (Wildman–Crippen LogP) is 2.41. The number of benzene rings is 1. The smallest absolute Gasteiger partial charge is 0.249 e. The number of carbonyl (C=O) groups excluding carboxylic acids is 3. The number of ketones is 1. The molecule has 3 saturated heterocycles. The van der Waals surface area contributed by atoms with Gasteiger partial charge in [-0.3, -0.25) is 14.4 Å². The average molecular weight is 497 g/mol. The first kappa shape index (κ1) is 25.2. The van der Waals surface area contributed by atoms with Gasteiger partial charge in [-0.2, -0.15) is 0 Å². The van der Waals surface area contributed by atoms with E-state index in [-0.39, 0.29) is 36.2 Å². The summed E-state index contributed by atoms with van der Waals surface area (Å²) in [4.78, 5) is 46.2. The monoisotopic (exact) mass is 496 g/mol. The van der Waals surface area contributed by atoms with E-state index in [1.165, 1.54) is 6.42 Å². The van der Waals surface area contributed by atoms with Crippen molar-refractivity contribution in [1.29, 1.82) is 0 Å². The molecule has 0 spiro atoms. The van der Waals surface area contributed by atoms with Crippen LogP contribution in [0.15, 0.2) is 18.2 Å². The normalized spacial score (nSPS) is 28.4. The molecule has 1 aromatic carbocycles. The Morgan fingerprint density at radius 3 is 2.50 bits per heavy atom. The molecule has 36 heavy (non-hydrogen) atoms. The summed E-state index contributed by atoms with van der Waals surface area (Å²) >= 11 is 0. The van der Waals surface area contributed by atoms with Gasteiger partial charge in [-0.15, -0.1) is 0 Å². The second-order valence-corrected chi connectivity index (χ2v) is 11.1. The van der Waals surface area contributed by atoms with Gasteiger partial charge in [-0.25, -0.2) is 0 Å². The fourth-order valence-electron chi connectivity index (χ4n) is 6.91. The SMILES string of the molecule is CCN1CCN(c2ccc(C(N)=O)c([C@@H](C(=O)N3C[C@H](C)[C@H]4OCC(=O)[C@H]43)C3CCCCC3)c2)CC1. The number of nitrogens with two attached hydrogens (primary N) is 1. The van der Waals surface area contributed by atoms with Gasteiger partial charge in [0.25, 0.3) is 0 Å². The summed E-state index contributed by atoms with van der Waals surface area (Å²) in [6.45, 7) is 9.64. The van der Waals surface area contributed by atoms with E-state index in [4.69, 9.17) is 10.5 Å². The molecular weight excluding hydrogens is 456 g/mol. The molecule has 4 fully saturated rings. The largest absolute Gasteiger partial charge is 0.369 e. The topological polar surface area (TPSA) is 96.2 Å². The molecule has 0 unspecified atom stereocenters. The molecule has 0 radical (unpaired) electrons. The second kappa shape index (κ2) is 10.5. The lowest BCUT2D eigenvalue weighted by molar-refractivity contribution is -0.139. The molecule has 196 valence electrons. The van der Waals surface area contributed by atoms with E-state index in [1.807, 2.05) is 25.1 Å². The van der Waals surface area contributed by atoms with E-state index >= 15 is 0 Å². The first-order chi connectivity index (χ1) is 17.4. The van der Waals surface area contributed by atoms with Crippen LogP contribution in [0.3, 0.4) is 0 Å². The molecule has 4 aliphatic rings. The van der Waals surface area contributed by atoms with Crippen molar-refractivity contribution in [1.82, 2.24) is 9.80 Å². The van der Waals surface area contributed by atoms with Crippen LogP contribution < -0.4 is 10.6 Å². The number of amides is 2. The minimum absolute atomic E-state index is 0.0160. The minimum Gasteiger partial charge on any atom is -0.369 e. The number of likely N-dealkylation sites (N-methyl/N-ethyl adjacent to an activating group) is 1. The van der Waals surface area contributed by atoms with Crippen LogP contribution in [0.4, 0.5) is 5.69 Å². The van der Waals surface area contributed by atoms with Gasteiger partial charge in [0, 0.05) is 49.9 Å². The third-order valence-electron chi connectivity index (χ3n) is 8.93. The molecule has 8 nitrogen and oxygen atoms in total. The van der Waals surface area contributed by atoms with Crippen molar-refractivity contribution in [2.45, 2.75) is 64.0 Å². The maximum atomic E-state index is 14.4. The number of ether oxygens (including phenoxy) is 1. The van der Waals surface area contributed by atoms with Crippen molar-refractivity contribution in [3.8, 4) is 0 Å². The Morgan fingerprint density at radius 1 is 1.11 bits per heavy atom. The highest BCUT2D eigenvalue weighted by molar-refractivity contribution is 5.99. The first-order valence-corrected chi connectivity index (χ1v) is 13.7. The molecule has 8 heteroatoms. The predicted molar refractivity (Wildman–Crippen MR) is 138 cm³/mol. The molecule has 3 aliphatic heterocycles. The van der Waals surface area contributed by atoms with Crippen molar-refractivity contribution in [2.24, 2.45) is 17.6 Å². The summed E-state index contributed by atoms with van der Waals surface area (Å²) in [5.41, 5.74) is 8.06. The van der Waals surface area contributed by atoms with Crippen molar-refractivity contribution >= 4 is 23.3 Å². The Kier molecular flexibility index (Phi) is 7.35. The number of Topliss-reactive ketones (excluding diaryl/α,β-unsaturated/α-hetero) is 1. The third kappa shape index (κ3) is 4.65. The Balaban J connectivity index is 1.52. The number of anilines is 1. The Morgan fingerprint density at radius 2 is 1.83 bits per heavy atom. The lowest BCUT2D eigenvalue weighted by Crippen LogP contribution is -2.47. The van der Waals surface area contributed by atoms with Gasteiger partial charge in [0.05, 0.1) is 12.0 Å². The number of fused-ring (bicyclic) bond motifs is 1. The zero-order chi connectivity index (χ0) is 25.4. The summed E-state index contributed by atoms with van der Waals surface area (Å²) in [6.07, 6.45) is 4.96. The number of piperazine rings is 1. The van der Waals surface area contributed by atoms with Gasteiger partial charge in [0.15, 0.2) is 5.78 Å². The summed E-state index contributed by atoms with van der Waals surface area (Å²) < 4.78 is 5.76. The minimum atomic E-state index is -0.513. The molecule has 3 heterocycles. The van der Waals surface area contributed by atoms with E-state index in [0.717, 1.165) is 69.7 Å². The molecule has 5 rings (SSSR count). The Labute approximate surface area is 214 Å². The molecule has 0 bridgehead atoms. The van der Waals surface area contributed by atoms with Crippen LogP contribution in [0.5, 0.6) is 0 Å². The number of rotatable bonds is 6. The van der Waals surface area contributed by atoms with Gasteiger partial charge in [0.2, 0.25) is 11.8 Å². The molecule has 1 saturated carbocycles. The number of nitrogens with zero attached hydrogens (tertiary/aromatic N) is 3. The van der Waals surface area contributed by atoms with E-state index in [9.17, 15) is 14.4 Å². The highest BCUT2D eigenvalue weighted by Crippen LogP contribution is 2.42. The molecular formula is C28H40N4O4. The summed E-state index contributed by atoms with van der Waals surface area (Å²) in [6, 6.07) is 5.31. The van der Waals surface area contributed by atoms with E-state index < -0.39 is 17.9 Å². The highest BCUT2D eigenvalue weighted by Gasteiger charge is 2.52. The lowest BCUT2D eigenvalue weighted by Gasteiger charge is -2.37. The van der Waals surface area contributed by atoms with Crippen LogP contribution in [0.2, 0.25) is 0 Å². The average Bonchev–Trinajstić information content (AvgIpc) is 3.45. The van der Waals surface area contributed by atoms with Crippen LogP contribution in [0, 0.1) is 11.8 Å². The Bertz CT molecular complexity index is 999. The summed E-state index contributed by atoms with van der Waals surface area (Å²) in [5, 5.41) is 0. The van der Waals surface area contributed by atoms with Crippen LogP contribution >= 0.6 is 0 Å². The van der Waals surface area contributed by atoms with Gasteiger partial charge in [-0.1, -0.05) is 33.1 Å². The van der Waals surface area contributed by atoms with Crippen molar-refractivity contribution in [3.63, 3.8) is 0 Å². The molecule has 1 aliphatic carbocycles. The zero-order valence-corrected chi connectivity index (χ0v) is 21.7. The van der Waals surface area contributed by atoms with Gasteiger partial charge in [-0.05, 0) is 49.1 Å². The second-order valence-electron chi connectivity index (χ2n) is 11.1. The molecule has 2 amide bonds. The molecule has 1 aromatic rings. The standard InChI is InChI=1S/C28H40N4O4/c1-3-30-11-13-31(14-12-30)20-9-10-21(27(29)34)22(15-20)24(19-7-5-4-6-8-19)28(35)32-16-18(2)26-25(32)23(33)17-36-26/h9-10,15,18-19,24-26H,3-8,11-14,16-17H2,1-2H3,(H2,29,34)/t18-,24-,25+,26+/m0/s1. The zero-order valence-electron chi connectivity index (χ0n) is 21.7. The number of likely N-dealkylation sites (tertiary alicyclic amines) is 1. The molecule has 2 N–H and O–H groups in total. The van der Waals surface area contributed by atoms with Crippen LogP contribution in [-0.4, -0.2) is 85.4 Å². The Hall–Kier alpha value is -2.45. The van der Waals surface area contributed by atoms with E-state index in [1.54, 1.807) is 4.90 Å². The molecule has 0 aromatic heterocycles. The van der Waals surface area contributed by atoms with Crippen molar-refractivity contribution in [3.05, 3.63) is 29.3 Å². The molecule has 4 atom stereocenters. The number of primary amides is 1. The first-order valence-electron chi connectivity index (χ1n) is 13.7. The summed E-state index contributed by atoms with van der Waals surface area (Å²) in [5.74, 6) is -0.816. The summed E-state index contributed by atoms with van der Waals surface area (Å²) in [7, 11) is 0. The van der Waals surface area contributed by atoms with Crippen LogP contribution in [0.1, 0.15) is 67.8 Å². The highest BCUT2D eigenvalue weighted by atomic mass is 16.5. The maximum Gasteiger partial charge on any atom is 0.249 e. The number of hydrogen-bond acceptors (Lipinski definition) is 6. The van der Waals surface area contributed by atoms with Crippen molar-refractivity contribution in [2.75, 3.05) is 50.8 Å². The van der Waals surface area contributed by atoms with Crippen LogP contribution in [0.25, 0.3) is 0 Å². The van der Waals surface area contributed by atoms with E-state index in [0.29, 0.717) is 12.1 Å². The van der Waals surface area contributed by atoms with E-state index in [2.05, 4.69) is 16.7 Å². The fourth-order valence-corrected chi connectivity index (χ4v) is 6.91. The van der Waals surface area contributed by atoms with Crippen LogP contribution in [-0.2, 0) is 14.3 Å².